The Morgan fingerprint density at radius 3 is 2.04 bits per heavy atom. The van der Waals surface area contributed by atoms with Crippen molar-refractivity contribution < 1.29 is 17.9 Å². The molecule has 122 valence electrons. The van der Waals surface area contributed by atoms with Gasteiger partial charge in [-0.3, -0.25) is 0 Å². The summed E-state index contributed by atoms with van der Waals surface area (Å²) >= 11 is 0. The lowest BCUT2D eigenvalue weighted by molar-refractivity contribution is 0.0472. The second-order valence-electron chi connectivity index (χ2n) is 5.77. The van der Waals surface area contributed by atoms with Gasteiger partial charge in [-0.15, -0.1) is 0 Å². The van der Waals surface area contributed by atoms with Crippen LogP contribution in [0, 0.1) is 0 Å². The second-order valence-corrected chi connectivity index (χ2v) is 7.78. The Kier molecular flexibility index (Phi) is 5.21. The van der Waals surface area contributed by atoms with Crippen LogP contribution in [0.4, 0.5) is 0 Å². The van der Waals surface area contributed by atoms with Gasteiger partial charge >= 0.3 is 5.97 Å². The third kappa shape index (κ3) is 4.66. The van der Waals surface area contributed by atoms with Crippen molar-refractivity contribution in [3.05, 3.63) is 65.2 Å². The van der Waals surface area contributed by atoms with Crippen LogP contribution in [0.15, 0.2) is 53.4 Å². The van der Waals surface area contributed by atoms with Crippen LogP contribution in [0.3, 0.4) is 0 Å². The number of benzene rings is 2. The minimum absolute atomic E-state index is 0.179. The smallest absolute Gasteiger partial charge is 0.338 e. The van der Waals surface area contributed by atoms with Gasteiger partial charge in [-0.1, -0.05) is 38.1 Å². The lowest BCUT2D eigenvalue weighted by Gasteiger charge is -2.08. The average molecular weight is 332 g/mol. The SMILES string of the molecule is CC(C)c1ccc(COC(=O)c2ccc(S(C)(=O)=O)cc2)cc1. The lowest BCUT2D eigenvalue weighted by Crippen LogP contribution is -2.06. The van der Waals surface area contributed by atoms with Crippen LogP contribution in [0.1, 0.15) is 41.3 Å². The zero-order valence-corrected chi connectivity index (χ0v) is 14.3. The van der Waals surface area contributed by atoms with Gasteiger partial charge in [0.2, 0.25) is 0 Å². The molecular weight excluding hydrogens is 312 g/mol. The van der Waals surface area contributed by atoms with Crippen LogP contribution < -0.4 is 0 Å². The Morgan fingerprint density at radius 2 is 1.57 bits per heavy atom. The van der Waals surface area contributed by atoms with Gasteiger partial charge < -0.3 is 4.74 Å². The number of esters is 1. The summed E-state index contributed by atoms with van der Waals surface area (Å²) in [4.78, 5) is 12.2. The van der Waals surface area contributed by atoms with E-state index in [2.05, 4.69) is 13.8 Å². The van der Waals surface area contributed by atoms with Gasteiger partial charge in [-0.2, -0.15) is 0 Å². The quantitative estimate of drug-likeness (QED) is 0.785. The van der Waals surface area contributed by atoms with Crippen LogP contribution in [-0.2, 0) is 21.2 Å². The molecule has 2 aromatic carbocycles. The van der Waals surface area contributed by atoms with Crippen molar-refractivity contribution in [1.29, 1.82) is 0 Å². The van der Waals surface area contributed by atoms with E-state index in [1.807, 2.05) is 24.3 Å². The van der Waals surface area contributed by atoms with Crippen molar-refractivity contribution in [3.8, 4) is 0 Å². The molecule has 0 bridgehead atoms. The Bertz CT molecular complexity index is 773. The Morgan fingerprint density at radius 1 is 1.00 bits per heavy atom. The predicted octanol–water partition coefficient (Wildman–Crippen LogP) is 3.57. The maximum Gasteiger partial charge on any atom is 0.338 e. The maximum atomic E-state index is 12.0. The van der Waals surface area contributed by atoms with Crippen LogP contribution >= 0.6 is 0 Å². The van der Waals surface area contributed by atoms with Gasteiger partial charge in [-0.25, -0.2) is 13.2 Å². The minimum atomic E-state index is -3.26. The highest BCUT2D eigenvalue weighted by Crippen LogP contribution is 2.16. The standard InChI is InChI=1S/C18H20O4S/c1-13(2)15-6-4-14(5-7-15)12-22-18(19)16-8-10-17(11-9-16)23(3,20)21/h4-11,13H,12H2,1-3H3. The third-order valence-corrected chi connectivity index (χ3v) is 4.66. The van der Waals surface area contributed by atoms with Crippen molar-refractivity contribution in [2.45, 2.75) is 31.3 Å². The van der Waals surface area contributed by atoms with Gasteiger partial charge in [0.1, 0.15) is 6.61 Å². The first-order chi connectivity index (χ1) is 10.8. The molecule has 2 rings (SSSR count). The van der Waals surface area contributed by atoms with Crippen molar-refractivity contribution in [1.82, 2.24) is 0 Å². The van der Waals surface area contributed by atoms with E-state index >= 15 is 0 Å². The average Bonchev–Trinajstić information content (AvgIpc) is 2.52. The van der Waals surface area contributed by atoms with E-state index in [0.29, 0.717) is 11.5 Å². The number of carbonyl (C=O) groups is 1. The molecule has 0 aliphatic carbocycles. The summed E-state index contributed by atoms with van der Waals surface area (Å²) in [5, 5.41) is 0. The van der Waals surface area contributed by atoms with Gasteiger partial charge in [-0.05, 0) is 41.3 Å². The molecule has 0 amide bonds. The van der Waals surface area contributed by atoms with E-state index in [1.165, 1.54) is 29.8 Å². The van der Waals surface area contributed by atoms with Gasteiger partial charge in [0.15, 0.2) is 9.84 Å². The van der Waals surface area contributed by atoms with Crippen LogP contribution in [0.25, 0.3) is 0 Å². The van der Waals surface area contributed by atoms with E-state index in [-0.39, 0.29) is 11.5 Å². The summed E-state index contributed by atoms with van der Waals surface area (Å²) in [5.74, 6) is -0.0158. The van der Waals surface area contributed by atoms with E-state index in [0.717, 1.165) is 11.8 Å². The summed E-state index contributed by atoms with van der Waals surface area (Å²) in [6.07, 6.45) is 1.13. The minimum Gasteiger partial charge on any atom is -0.457 e. The molecule has 0 spiro atoms. The topological polar surface area (TPSA) is 60.4 Å². The molecule has 0 fully saturated rings. The van der Waals surface area contributed by atoms with E-state index in [4.69, 9.17) is 4.74 Å². The fraction of sp³-hybridized carbons (Fsp3) is 0.278. The largest absolute Gasteiger partial charge is 0.457 e. The number of sulfone groups is 1. The first-order valence-corrected chi connectivity index (χ1v) is 9.22. The molecule has 23 heavy (non-hydrogen) atoms. The number of carbonyl (C=O) groups excluding carboxylic acids is 1. The molecule has 2 aromatic rings. The molecular formula is C18H20O4S. The molecule has 0 atom stereocenters. The van der Waals surface area contributed by atoms with Gasteiger partial charge in [0, 0.05) is 6.26 Å². The Labute approximate surface area is 137 Å². The molecule has 0 saturated carbocycles. The molecule has 0 saturated heterocycles. The highest BCUT2D eigenvalue weighted by Gasteiger charge is 2.11. The first-order valence-electron chi connectivity index (χ1n) is 7.33. The second kappa shape index (κ2) is 6.96. The van der Waals surface area contributed by atoms with Gasteiger partial charge in [0.25, 0.3) is 0 Å². The zero-order chi connectivity index (χ0) is 17.0. The Hall–Kier alpha value is -2.14. The number of ether oxygens (including phenoxy) is 1. The first kappa shape index (κ1) is 17.2. The predicted molar refractivity (Wildman–Crippen MR) is 89.2 cm³/mol. The highest BCUT2D eigenvalue weighted by molar-refractivity contribution is 7.90. The fourth-order valence-electron chi connectivity index (χ4n) is 2.07. The normalized spacial score (nSPS) is 11.5. The van der Waals surface area contributed by atoms with Crippen molar-refractivity contribution in [2.24, 2.45) is 0 Å². The van der Waals surface area contributed by atoms with Crippen molar-refractivity contribution >= 4 is 15.8 Å². The summed E-state index contributed by atoms with van der Waals surface area (Å²) in [6, 6.07) is 13.7. The van der Waals surface area contributed by atoms with E-state index in [9.17, 15) is 13.2 Å². The molecule has 0 heterocycles. The van der Waals surface area contributed by atoms with Crippen LogP contribution in [0.5, 0.6) is 0 Å². The number of hydrogen-bond acceptors (Lipinski definition) is 4. The molecule has 0 N–H and O–H groups in total. The summed E-state index contributed by atoms with van der Waals surface area (Å²) in [6.45, 7) is 4.43. The molecule has 4 nitrogen and oxygen atoms in total. The van der Waals surface area contributed by atoms with E-state index < -0.39 is 15.8 Å². The molecule has 0 unspecified atom stereocenters. The number of hydrogen-bond donors (Lipinski definition) is 0. The molecule has 0 aliphatic heterocycles. The van der Waals surface area contributed by atoms with Crippen molar-refractivity contribution in [3.63, 3.8) is 0 Å². The molecule has 5 heteroatoms. The maximum absolute atomic E-state index is 12.0. The van der Waals surface area contributed by atoms with E-state index in [1.54, 1.807) is 0 Å². The summed E-state index contributed by atoms with van der Waals surface area (Å²) in [5.41, 5.74) is 2.48. The van der Waals surface area contributed by atoms with Gasteiger partial charge in [0.05, 0.1) is 10.5 Å². The van der Waals surface area contributed by atoms with Crippen LogP contribution in [-0.4, -0.2) is 20.6 Å². The zero-order valence-electron chi connectivity index (χ0n) is 13.4. The van der Waals surface area contributed by atoms with Crippen molar-refractivity contribution in [2.75, 3.05) is 6.26 Å². The lowest BCUT2D eigenvalue weighted by atomic mass is 10.0. The third-order valence-electron chi connectivity index (χ3n) is 3.53. The highest BCUT2D eigenvalue weighted by atomic mass is 32.2. The monoisotopic (exact) mass is 332 g/mol. The van der Waals surface area contributed by atoms with Crippen LogP contribution in [0.2, 0.25) is 0 Å². The summed E-state index contributed by atoms with van der Waals surface area (Å²) in [7, 11) is -3.26. The Balaban J connectivity index is 1.99. The number of rotatable bonds is 5. The summed E-state index contributed by atoms with van der Waals surface area (Å²) < 4.78 is 28.0. The molecule has 0 aromatic heterocycles. The fourth-order valence-corrected chi connectivity index (χ4v) is 2.70. The molecule has 0 aliphatic rings. The molecule has 0 radical (unpaired) electrons.